The van der Waals surface area contributed by atoms with Crippen LogP contribution in [0.1, 0.15) is 28.7 Å². The summed E-state index contributed by atoms with van der Waals surface area (Å²) in [6, 6.07) is 5.35. The number of aromatic nitrogens is 2. The predicted octanol–water partition coefficient (Wildman–Crippen LogP) is 3.28. The lowest BCUT2D eigenvalue weighted by atomic mass is 10.2. The monoisotopic (exact) mass is 352 g/mol. The summed E-state index contributed by atoms with van der Waals surface area (Å²) >= 11 is 3.42. The molecule has 0 aliphatic heterocycles. The van der Waals surface area contributed by atoms with Crippen LogP contribution >= 0.6 is 15.9 Å². The highest BCUT2D eigenvalue weighted by atomic mass is 79.9. The Labute approximate surface area is 132 Å². The van der Waals surface area contributed by atoms with Crippen LogP contribution < -0.4 is 9.47 Å². The standard InChI is InChI=1S/C15H17BrN2O3/c1-4-20-14-7-11(8-19)6-13(16)15(14)21-9-12-5-10(2)17-18(12)3/h5-8H,4,9H2,1-3H3. The van der Waals surface area contributed by atoms with Crippen molar-refractivity contribution in [3.8, 4) is 11.5 Å². The van der Waals surface area contributed by atoms with Crippen molar-refractivity contribution >= 4 is 22.2 Å². The van der Waals surface area contributed by atoms with Crippen LogP contribution in [0.15, 0.2) is 22.7 Å². The van der Waals surface area contributed by atoms with Crippen LogP contribution in [0.5, 0.6) is 11.5 Å². The lowest BCUT2D eigenvalue weighted by Crippen LogP contribution is -2.05. The zero-order valence-corrected chi connectivity index (χ0v) is 13.8. The number of nitrogens with zero attached hydrogens (tertiary/aromatic N) is 2. The van der Waals surface area contributed by atoms with E-state index < -0.39 is 0 Å². The van der Waals surface area contributed by atoms with Gasteiger partial charge < -0.3 is 9.47 Å². The first-order valence-corrected chi connectivity index (χ1v) is 7.38. The average molecular weight is 353 g/mol. The molecule has 0 unspecified atom stereocenters. The topological polar surface area (TPSA) is 53.4 Å². The lowest BCUT2D eigenvalue weighted by Gasteiger charge is -2.14. The molecule has 0 radical (unpaired) electrons. The summed E-state index contributed by atoms with van der Waals surface area (Å²) in [5, 5.41) is 4.28. The van der Waals surface area contributed by atoms with Crippen LogP contribution in [0.4, 0.5) is 0 Å². The molecule has 1 aromatic carbocycles. The number of ether oxygens (including phenoxy) is 2. The van der Waals surface area contributed by atoms with Gasteiger partial charge >= 0.3 is 0 Å². The molecule has 0 amide bonds. The zero-order chi connectivity index (χ0) is 15.4. The molecule has 0 aliphatic carbocycles. The van der Waals surface area contributed by atoms with Crippen LogP contribution in [0, 0.1) is 6.92 Å². The fraction of sp³-hybridized carbons (Fsp3) is 0.333. The van der Waals surface area contributed by atoms with Crippen molar-refractivity contribution in [2.75, 3.05) is 6.61 Å². The minimum Gasteiger partial charge on any atom is -0.490 e. The SMILES string of the molecule is CCOc1cc(C=O)cc(Br)c1OCc1cc(C)nn1C. The average Bonchev–Trinajstić information content (AvgIpc) is 2.76. The van der Waals surface area contributed by atoms with Gasteiger partial charge in [-0.15, -0.1) is 0 Å². The third-order valence-electron chi connectivity index (χ3n) is 2.93. The van der Waals surface area contributed by atoms with Gasteiger partial charge in [-0.3, -0.25) is 9.48 Å². The molecule has 5 nitrogen and oxygen atoms in total. The van der Waals surface area contributed by atoms with Crippen LogP contribution in [-0.2, 0) is 13.7 Å². The normalized spacial score (nSPS) is 10.5. The number of hydrogen-bond acceptors (Lipinski definition) is 4. The van der Waals surface area contributed by atoms with Crippen molar-refractivity contribution in [1.29, 1.82) is 0 Å². The third kappa shape index (κ3) is 3.64. The molecule has 0 saturated carbocycles. The number of carbonyl (C=O) groups excluding carboxylic acids is 1. The highest BCUT2D eigenvalue weighted by Gasteiger charge is 2.13. The molecule has 0 spiro atoms. The van der Waals surface area contributed by atoms with Crippen molar-refractivity contribution in [2.45, 2.75) is 20.5 Å². The van der Waals surface area contributed by atoms with E-state index in [0.717, 1.165) is 17.7 Å². The smallest absolute Gasteiger partial charge is 0.175 e. The number of rotatable bonds is 6. The summed E-state index contributed by atoms with van der Waals surface area (Å²) in [6.07, 6.45) is 0.779. The Morgan fingerprint density at radius 2 is 2.10 bits per heavy atom. The van der Waals surface area contributed by atoms with Crippen molar-refractivity contribution in [2.24, 2.45) is 7.05 Å². The van der Waals surface area contributed by atoms with Gasteiger partial charge in [0, 0.05) is 12.6 Å². The first-order chi connectivity index (χ1) is 10.0. The van der Waals surface area contributed by atoms with Gasteiger partial charge in [0.05, 0.1) is 22.5 Å². The molecule has 0 fully saturated rings. The summed E-state index contributed by atoms with van der Waals surface area (Å²) < 4.78 is 13.9. The first-order valence-electron chi connectivity index (χ1n) is 6.59. The Bertz CT molecular complexity index is 653. The van der Waals surface area contributed by atoms with Crippen LogP contribution in [-0.4, -0.2) is 22.7 Å². The Kier molecular flexibility index (Phi) is 5.01. The summed E-state index contributed by atoms with van der Waals surface area (Å²) in [6.45, 7) is 4.69. The zero-order valence-electron chi connectivity index (χ0n) is 12.2. The van der Waals surface area contributed by atoms with E-state index in [9.17, 15) is 4.79 Å². The summed E-state index contributed by atoms with van der Waals surface area (Å²) in [7, 11) is 1.87. The largest absolute Gasteiger partial charge is 0.490 e. The maximum atomic E-state index is 10.9. The molecule has 2 aromatic rings. The van der Waals surface area contributed by atoms with Crippen LogP contribution in [0.3, 0.4) is 0 Å². The number of aldehydes is 1. The van der Waals surface area contributed by atoms with E-state index in [0.29, 0.717) is 34.7 Å². The third-order valence-corrected chi connectivity index (χ3v) is 3.52. The summed E-state index contributed by atoms with van der Waals surface area (Å²) in [5.41, 5.74) is 2.44. The molecule has 2 rings (SSSR count). The predicted molar refractivity (Wildman–Crippen MR) is 83.0 cm³/mol. The molecule has 0 N–H and O–H groups in total. The minimum absolute atomic E-state index is 0.371. The molecule has 21 heavy (non-hydrogen) atoms. The van der Waals surface area contributed by atoms with E-state index in [4.69, 9.17) is 9.47 Å². The van der Waals surface area contributed by atoms with Gasteiger partial charge in [0.25, 0.3) is 0 Å². The van der Waals surface area contributed by atoms with Gasteiger partial charge in [-0.1, -0.05) is 0 Å². The molecule has 112 valence electrons. The maximum absolute atomic E-state index is 10.9. The van der Waals surface area contributed by atoms with Gasteiger partial charge in [-0.05, 0) is 48.0 Å². The Morgan fingerprint density at radius 1 is 1.33 bits per heavy atom. The molecule has 1 aromatic heterocycles. The molecule has 6 heteroatoms. The van der Waals surface area contributed by atoms with Gasteiger partial charge in [0.2, 0.25) is 0 Å². The number of halogens is 1. The molecule has 0 bridgehead atoms. The number of carbonyl (C=O) groups is 1. The molecule has 0 saturated heterocycles. The number of hydrogen-bond donors (Lipinski definition) is 0. The Hall–Kier alpha value is -1.82. The molecule has 0 atom stereocenters. The van der Waals surface area contributed by atoms with E-state index >= 15 is 0 Å². The Balaban J connectivity index is 2.26. The lowest BCUT2D eigenvalue weighted by molar-refractivity contribution is 0.112. The second kappa shape index (κ2) is 6.76. The van der Waals surface area contributed by atoms with Gasteiger partial charge in [0.15, 0.2) is 11.5 Å². The Morgan fingerprint density at radius 3 is 2.67 bits per heavy atom. The van der Waals surface area contributed by atoms with E-state index in [1.807, 2.05) is 27.0 Å². The van der Waals surface area contributed by atoms with Crippen molar-refractivity contribution in [1.82, 2.24) is 9.78 Å². The summed E-state index contributed by atoms with van der Waals surface area (Å²) in [4.78, 5) is 10.9. The second-order valence-corrected chi connectivity index (χ2v) is 5.42. The van der Waals surface area contributed by atoms with Crippen molar-refractivity contribution < 1.29 is 14.3 Å². The molecule has 1 heterocycles. The highest BCUT2D eigenvalue weighted by molar-refractivity contribution is 9.10. The van der Waals surface area contributed by atoms with Gasteiger partial charge in [-0.25, -0.2) is 0 Å². The minimum atomic E-state index is 0.371. The van der Waals surface area contributed by atoms with E-state index in [2.05, 4.69) is 21.0 Å². The fourth-order valence-corrected chi connectivity index (χ4v) is 2.58. The van der Waals surface area contributed by atoms with Crippen LogP contribution in [0.2, 0.25) is 0 Å². The van der Waals surface area contributed by atoms with E-state index in [1.54, 1.807) is 16.8 Å². The number of benzene rings is 1. The highest BCUT2D eigenvalue weighted by Crippen LogP contribution is 2.37. The maximum Gasteiger partial charge on any atom is 0.175 e. The van der Waals surface area contributed by atoms with Crippen molar-refractivity contribution in [3.63, 3.8) is 0 Å². The summed E-state index contributed by atoms with van der Waals surface area (Å²) in [5.74, 6) is 1.13. The molecular weight excluding hydrogens is 336 g/mol. The van der Waals surface area contributed by atoms with Gasteiger partial charge in [-0.2, -0.15) is 5.10 Å². The van der Waals surface area contributed by atoms with E-state index in [1.165, 1.54) is 0 Å². The quantitative estimate of drug-likeness (QED) is 0.748. The van der Waals surface area contributed by atoms with Crippen LogP contribution in [0.25, 0.3) is 0 Å². The molecule has 0 aliphatic rings. The first kappa shape index (κ1) is 15.6. The van der Waals surface area contributed by atoms with Gasteiger partial charge in [0.1, 0.15) is 12.9 Å². The molecular formula is C15H17BrN2O3. The fourth-order valence-electron chi connectivity index (χ4n) is 2.00. The van der Waals surface area contributed by atoms with Crippen molar-refractivity contribution in [3.05, 3.63) is 39.6 Å². The van der Waals surface area contributed by atoms with E-state index in [-0.39, 0.29) is 0 Å². The second-order valence-electron chi connectivity index (χ2n) is 4.57. The number of aryl methyl sites for hydroxylation is 2.